The van der Waals surface area contributed by atoms with E-state index in [4.69, 9.17) is 22.1 Å². The van der Waals surface area contributed by atoms with Crippen LogP contribution in [-0.4, -0.2) is 25.0 Å². The fraction of sp³-hybridized carbons (Fsp3) is 0.227. The van der Waals surface area contributed by atoms with Gasteiger partial charge in [0.25, 0.3) is 0 Å². The minimum Gasteiger partial charge on any atom is -0.482 e. The van der Waals surface area contributed by atoms with Crippen molar-refractivity contribution in [3.63, 3.8) is 0 Å². The standard InChI is InChI=1S/C22H20ClFN6O/c1-3-30-20-13-7-18(22(25)26-9-13)31-11(2)16-8-14(24)4-5-15(16)19-12(10-27-28-19)6-17(20)21(23)29-30/h4-5,7-11H,3,6H2,1-2H3,(H2,25,26)(H,27,28)/t11-/m1/s1. The van der Waals surface area contributed by atoms with Gasteiger partial charge in [0.2, 0.25) is 0 Å². The molecule has 0 spiro atoms. The number of pyridine rings is 1. The molecule has 7 nitrogen and oxygen atoms in total. The van der Waals surface area contributed by atoms with Crippen molar-refractivity contribution in [2.45, 2.75) is 32.9 Å². The van der Waals surface area contributed by atoms with E-state index in [2.05, 4.69) is 20.3 Å². The van der Waals surface area contributed by atoms with Crippen molar-refractivity contribution >= 4 is 17.4 Å². The molecule has 1 aliphatic heterocycles. The lowest BCUT2D eigenvalue weighted by Crippen LogP contribution is -2.10. The lowest BCUT2D eigenvalue weighted by atomic mass is 9.94. The van der Waals surface area contributed by atoms with Crippen molar-refractivity contribution in [2.75, 3.05) is 5.73 Å². The van der Waals surface area contributed by atoms with E-state index in [0.29, 0.717) is 29.4 Å². The highest BCUT2D eigenvalue weighted by atomic mass is 35.5. The summed E-state index contributed by atoms with van der Waals surface area (Å²) in [6.07, 6.45) is 3.45. The van der Waals surface area contributed by atoms with Gasteiger partial charge >= 0.3 is 0 Å². The molecule has 0 unspecified atom stereocenters. The molecule has 4 aromatic rings. The predicted octanol–water partition coefficient (Wildman–Crippen LogP) is 4.77. The number of hydrogen-bond acceptors (Lipinski definition) is 5. The average Bonchev–Trinajstić information content (AvgIpc) is 3.33. The van der Waals surface area contributed by atoms with Crippen LogP contribution in [0, 0.1) is 5.82 Å². The van der Waals surface area contributed by atoms with Gasteiger partial charge < -0.3 is 10.5 Å². The van der Waals surface area contributed by atoms with Crippen molar-refractivity contribution in [1.82, 2.24) is 25.0 Å². The normalized spacial score (nSPS) is 15.2. The molecule has 0 fully saturated rings. The minimum absolute atomic E-state index is 0.253. The predicted molar refractivity (Wildman–Crippen MR) is 116 cm³/mol. The molecule has 2 bridgehead atoms. The van der Waals surface area contributed by atoms with Gasteiger partial charge in [-0.05, 0) is 38.1 Å². The van der Waals surface area contributed by atoms with Gasteiger partial charge in [0.1, 0.15) is 11.9 Å². The fourth-order valence-corrected chi connectivity index (χ4v) is 4.33. The summed E-state index contributed by atoms with van der Waals surface area (Å²) in [5.41, 5.74) is 11.8. The van der Waals surface area contributed by atoms with Gasteiger partial charge in [0.15, 0.2) is 16.7 Å². The van der Waals surface area contributed by atoms with E-state index in [1.807, 2.05) is 24.6 Å². The Balaban J connectivity index is 1.82. The van der Waals surface area contributed by atoms with Gasteiger partial charge in [-0.3, -0.25) is 9.78 Å². The molecule has 31 heavy (non-hydrogen) atoms. The Morgan fingerprint density at radius 3 is 2.97 bits per heavy atom. The summed E-state index contributed by atoms with van der Waals surface area (Å²) in [5.74, 6) is 0.316. The average molecular weight is 439 g/mol. The number of nitrogens with one attached hydrogen (secondary N) is 1. The third-order valence-corrected chi connectivity index (χ3v) is 5.87. The van der Waals surface area contributed by atoms with Gasteiger partial charge in [-0.25, -0.2) is 9.37 Å². The number of rotatable bonds is 1. The molecule has 5 rings (SSSR count). The number of halogens is 2. The topological polar surface area (TPSA) is 94.6 Å². The van der Waals surface area contributed by atoms with Crippen molar-refractivity contribution in [1.29, 1.82) is 0 Å². The molecule has 9 heteroatoms. The zero-order valence-electron chi connectivity index (χ0n) is 17.0. The number of nitrogens with two attached hydrogens (primary N) is 1. The smallest absolute Gasteiger partial charge is 0.166 e. The van der Waals surface area contributed by atoms with Crippen LogP contribution in [0.4, 0.5) is 10.2 Å². The molecule has 0 saturated carbocycles. The van der Waals surface area contributed by atoms with E-state index in [9.17, 15) is 4.39 Å². The van der Waals surface area contributed by atoms with Gasteiger partial charge in [0, 0.05) is 47.0 Å². The number of nitrogen functional groups attached to an aromatic ring is 1. The number of aromatic amines is 1. The molecule has 0 amide bonds. The highest BCUT2D eigenvalue weighted by molar-refractivity contribution is 6.30. The maximum absolute atomic E-state index is 14.2. The molecule has 1 aliphatic rings. The van der Waals surface area contributed by atoms with E-state index in [1.165, 1.54) is 12.1 Å². The van der Waals surface area contributed by atoms with E-state index in [-0.39, 0.29) is 11.6 Å². The van der Waals surface area contributed by atoms with Crippen LogP contribution >= 0.6 is 11.6 Å². The van der Waals surface area contributed by atoms with Crippen LogP contribution in [0.15, 0.2) is 36.7 Å². The van der Waals surface area contributed by atoms with Crippen LogP contribution in [0.2, 0.25) is 5.15 Å². The first-order chi connectivity index (χ1) is 15.0. The van der Waals surface area contributed by atoms with E-state index >= 15 is 0 Å². The van der Waals surface area contributed by atoms with Crippen LogP contribution in [0.5, 0.6) is 5.75 Å². The number of aromatic nitrogens is 5. The second-order valence-electron chi connectivity index (χ2n) is 7.48. The summed E-state index contributed by atoms with van der Waals surface area (Å²) in [5, 5.41) is 12.2. The van der Waals surface area contributed by atoms with Gasteiger partial charge in [-0.15, -0.1) is 0 Å². The SMILES string of the molecule is CCn1nc(Cl)c2c1-c1cnc(N)c(c1)O[C@H](C)c1cc(F)ccc1-c1[nH]ncc1C2. The Bertz CT molecular complexity index is 1300. The van der Waals surface area contributed by atoms with E-state index < -0.39 is 6.10 Å². The third kappa shape index (κ3) is 3.23. The first kappa shape index (κ1) is 19.6. The molecular formula is C22H20ClFN6O. The fourth-order valence-electron chi connectivity index (χ4n) is 4.08. The Morgan fingerprint density at radius 2 is 2.16 bits per heavy atom. The minimum atomic E-state index is -0.486. The summed E-state index contributed by atoms with van der Waals surface area (Å²) in [4.78, 5) is 4.33. The van der Waals surface area contributed by atoms with Gasteiger partial charge in [0.05, 0.1) is 17.6 Å². The van der Waals surface area contributed by atoms with Crippen molar-refractivity contribution in [3.05, 3.63) is 64.3 Å². The number of aryl methyl sites for hydroxylation is 1. The summed E-state index contributed by atoms with van der Waals surface area (Å²) < 4.78 is 22.2. The summed E-state index contributed by atoms with van der Waals surface area (Å²) in [7, 11) is 0. The second kappa shape index (κ2) is 7.39. The summed E-state index contributed by atoms with van der Waals surface area (Å²) >= 11 is 6.57. The summed E-state index contributed by atoms with van der Waals surface area (Å²) in [6, 6.07) is 6.45. The highest BCUT2D eigenvalue weighted by Crippen LogP contribution is 2.39. The molecule has 0 saturated heterocycles. The first-order valence-electron chi connectivity index (χ1n) is 9.96. The Kier molecular flexibility index (Phi) is 4.66. The Labute approximate surface area is 183 Å². The first-order valence-corrected chi connectivity index (χ1v) is 10.3. The lowest BCUT2D eigenvalue weighted by molar-refractivity contribution is 0.227. The maximum atomic E-state index is 14.2. The van der Waals surface area contributed by atoms with Crippen LogP contribution in [0.3, 0.4) is 0 Å². The van der Waals surface area contributed by atoms with Crippen LogP contribution in [0.1, 0.15) is 36.6 Å². The molecular weight excluding hydrogens is 419 g/mol. The number of ether oxygens (including phenoxy) is 1. The second-order valence-corrected chi connectivity index (χ2v) is 7.84. The number of fused-ring (bicyclic) bond motifs is 7. The van der Waals surface area contributed by atoms with Crippen molar-refractivity contribution < 1.29 is 9.13 Å². The monoisotopic (exact) mass is 438 g/mol. The number of benzene rings is 1. The van der Waals surface area contributed by atoms with Crippen LogP contribution < -0.4 is 10.5 Å². The van der Waals surface area contributed by atoms with Gasteiger partial charge in [-0.2, -0.15) is 10.2 Å². The molecule has 0 radical (unpaired) electrons. The molecule has 158 valence electrons. The third-order valence-electron chi connectivity index (χ3n) is 5.57. The Hall–Kier alpha value is -3.39. The lowest BCUT2D eigenvalue weighted by Gasteiger charge is -2.21. The van der Waals surface area contributed by atoms with Crippen molar-refractivity contribution in [2.24, 2.45) is 0 Å². The number of anilines is 1. The molecule has 4 heterocycles. The number of nitrogens with zero attached hydrogens (tertiary/aromatic N) is 4. The molecule has 3 N–H and O–H groups in total. The molecule has 1 aromatic carbocycles. The van der Waals surface area contributed by atoms with Gasteiger partial charge in [-0.1, -0.05) is 11.6 Å². The van der Waals surface area contributed by atoms with Crippen molar-refractivity contribution in [3.8, 4) is 28.3 Å². The molecule has 3 aromatic heterocycles. The molecule has 1 atom stereocenters. The largest absolute Gasteiger partial charge is 0.482 e. The highest BCUT2D eigenvalue weighted by Gasteiger charge is 2.25. The maximum Gasteiger partial charge on any atom is 0.166 e. The summed E-state index contributed by atoms with van der Waals surface area (Å²) in [6.45, 7) is 4.48. The van der Waals surface area contributed by atoms with E-state index in [0.717, 1.165) is 33.6 Å². The van der Waals surface area contributed by atoms with Crippen LogP contribution in [-0.2, 0) is 13.0 Å². The zero-order valence-corrected chi connectivity index (χ0v) is 17.7. The number of hydrogen-bond donors (Lipinski definition) is 2. The molecule has 0 aliphatic carbocycles. The quantitative estimate of drug-likeness (QED) is 0.446. The van der Waals surface area contributed by atoms with E-state index in [1.54, 1.807) is 18.5 Å². The Morgan fingerprint density at radius 1 is 1.32 bits per heavy atom. The zero-order chi connectivity index (χ0) is 21.7. The van der Waals surface area contributed by atoms with Crippen LogP contribution in [0.25, 0.3) is 22.5 Å². The number of H-pyrrole nitrogens is 1.